The first-order valence-electron chi connectivity index (χ1n) is 6.96. The predicted molar refractivity (Wildman–Crippen MR) is 84.2 cm³/mol. The van der Waals surface area contributed by atoms with Crippen LogP contribution in [0.4, 0.5) is 0 Å². The number of hydrogen-bond acceptors (Lipinski definition) is 2. The maximum Gasteiger partial charge on any atom is 0.361 e. The lowest BCUT2D eigenvalue weighted by atomic mass is 9.98. The molecule has 1 unspecified atom stereocenters. The Morgan fingerprint density at radius 3 is 2.52 bits per heavy atom. The second-order valence-corrected chi connectivity index (χ2v) is 6.39. The van der Waals surface area contributed by atoms with Gasteiger partial charge >= 0.3 is 5.97 Å². The van der Waals surface area contributed by atoms with Gasteiger partial charge < -0.3 is 21.6 Å². The molecule has 1 aromatic carbocycles. The molecule has 1 aliphatic rings. The van der Waals surface area contributed by atoms with E-state index in [0.29, 0.717) is 13.2 Å². The van der Waals surface area contributed by atoms with Gasteiger partial charge in [0.2, 0.25) is 0 Å². The fourth-order valence-electron chi connectivity index (χ4n) is 2.50. The van der Waals surface area contributed by atoms with E-state index in [0.717, 1.165) is 28.5 Å². The number of halogens is 2. The van der Waals surface area contributed by atoms with E-state index in [-0.39, 0.29) is 18.4 Å². The van der Waals surface area contributed by atoms with Crippen molar-refractivity contribution in [3.05, 3.63) is 40.4 Å². The molecule has 1 aromatic rings. The molecule has 1 atom stereocenters. The predicted octanol–water partition coefficient (Wildman–Crippen LogP) is 0.250. The van der Waals surface area contributed by atoms with Crippen molar-refractivity contribution < 1.29 is 26.4 Å². The highest BCUT2D eigenvalue weighted by Crippen LogP contribution is 2.26. The first kappa shape index (κ1) is 18.2. The molecule has 0 fully saturated rings. The molecule has 0 spiro atoms. The second kappa shape index (κ2) is 7.97. The molecule has 1 aliphatic heterocycles. The molecule has 0 radical (unpaired) electrons. The monoisotopic (exact) mass is 373 g/mol. The summed E-state index contributed by atoms with van der Waals surface area (Å²) in [6, 6.07) is 8.41. The molecule has 2 rings (SSSR count). The molecule has 0 saturated heterocycles. The molecule has 3 nitrogen and oxygen atoms in total. The summed E-state index contributed by atoms with van der Waals surface area (Å²) in [5.41, 5.74) is 2.65. The van der Waals surface area contributed by atoms with Gasteiger partial charge in [-0.2, -0.15) is 0 Å². The molecular weight excluding hydrogens is 354 g/mol. The van der Waals surface area contributed by atoms with Gasteiger partial charge in [-0.25, -0.2) is 4.79 Å². The van der Waals surface area contributed by atoms with E-state index in [2.05, 4.69) is 53.3 Å². The summed E-state index contributed by atoms with van der Waals surface area (Å²) < 4.78 is 6.89. The molecule has 1 heterocycles. The molecule has 0 aliphatic carbocycles. The largest absolute Gasteiger partial charge is 1.00 e. The zero-order valence-electron chi connectivity index (χ0n) is 12.4. The zero-order chi connectivity index (χ0) is 14.6. The van der Waals surface area contributed by atoms with Gasteiger partial charge in [-0.05, 0) is 36.3 Å². The Morgan fingerprint density at radius 1 is 1.33 bits per heavy atom. The van der Waals surface area contributed by atoms with Crippen molar-refractivity contribution in [3.63, 3.8) is 0 Å². The maximum atomic E-state index is 11.6. The van der Waals surface area contributed by atoms with Crippen LogP contribution < -0.4 is 12.4 Å². The number of carbonyl (C=O) groups is 1. The number of ether oxygens (including phenoxy) is 1. The lowest BCUT2D eigenvalue weighted by Crippen LogP contribution is -3.00. The van der Waals surface area contributed by atoms with Gasteiger partial charge in [-0.15, -0.1) is 0 Å². The van der Waals surface area contributed by atoms with Crippen LogP contribution in [0.5, 0.6) is 0 Å². The van der Waals surface area contributed by atoms with Crippen molar-refractivity contribution >= 4 is 27.5 Å². The molecule has 0 N–H and O–H groups in total. The SMILES string of the molecule is CCOC(=O)C[N+]1(C)CC=C(c2ccc(Br)cc2)CC1.[Cl-]. The molecule has 116 valence electrons. The number of rotatable bonds is 4. The van der Waals surface area contributed by atoms with Crippen LogP contribution in [0.25, 0.3) is 5.57 Å². The van der Waals surface area contributed by atoms with Crippen molar-refractivity contribution in [3.8, 4) is 0 Å². The van der Waals surface area contributed by atoms with E-state index in [1.165, 1.54) is 11.1 Å². The van der Waals surface area contributed by atoms with E-state index in [9.17, 15) is 4.79 Å². The second-order valence-electron chi connectivity index (χ2n) is 5.48. The molecule has 21 heavy (non-hydrogen) atoms. The minimum atomic E-state index is -0.101. The quantitative estimate of drug-likeness (QED) is 0.558. The number of esters is 1. The number of likely N-dealkylation sites (N-methyl/N-ethyl adjacent to an activating group) is 1. The normalized spacial score (nSPS) is 21.2. The van der Waals surface area contributed by atoms with Crippen LogP contribution in [0.15, 0.2) is 34.8 Å². The molecular formula is C16H21BrClNO2. The van der Waals surface area contributed by atoms with E-state index in [1.54, 1.807) is 0 Å². The first-order valence-corrected chi connectivity index (χ1v) is 7.76. The first-order chi connectivity index (χ1) is 9.52. The Balaban J connectivity index is 0.00000220. The van der Waals surface area contributed by atoms with E-state index >= 15 is 0 Å². The van der Waals surface area contributed by atoms with E-state index in [1.807, 2.05) is 6.92 Å². The van der Waals surface area contributed by atoms with Gasteiger partial charge in [0.25, 0.3) is 0 Å². The number of nitrogens with zero attached hydrogens (tertiary/aromatic N) is 1. The third-order valence-electron chi connectivity index (χ3n) is 3.73. The van der Waals surface area contributed by atoms with Crippen LogP contribution in [-0.4, -0.2) is 43.7 Å². The van der Waals surface area contributed by atoms with Crippen molar-refractivity contribution in [2.45, 2.75) is 13.3 Å². The molecule has 0 aromatic heterocycles. The highest BCUT2D eigenvalue weighted by atomic mass is 79.9. The number of benzene rings is 1. The Bertz CT molecular complexity index is 516. The van der Waals surface area contributed by atoms with Gasteiger partial charge in [0, 0.05) is 10.9 Å². The van der Waals surface area contributed by atoms with Crippen LogP contribution in [0.1, 0.15) is 18.9 Å². The highest BCUT2D eigenvalue weighted by molar-refractivity contribution is 9.10. The number of quaternary nitrogens is 1. The average Bonchev–Trinajstić information content (AvgIpc) is 2.40. The fourth-order valence-corrected chi connectivity index (χ4v) is 2.77. The zero-order valence-corrected chi connectivity index (χ0v) is 14.8. The third kappa shape index (κ3) is 5.13. The standard InChI is InChI=1S/C16H21BrNO2.ClH/c1-3-20-16(19)12-18(2)10-8-14(9-11-18)13-4-6-15(17)7-5-13;/h4-8H,3,9-12H2,1-2H3;1H/q+1;/p-1. The molecule has 5 heteroatoms. The molecule has 0 amide bonds. The lowest BCUT2D eigenvalue weighted by molar-refractivity contribution is -0.897. The summed E-state index contributed by atoms with van der Waals surface area (Å²) in [6.45, 7) is 4.61. The minimum Gasteiger partial charge on any atom is -1.00 e. The fraction of sp³-hybridized carbons (Fsp3) is 0.438. The van der Waals surface area contributed by atoms with Crippen molar-refractivity contribution in [2.24, 2.45) is 0 Å². The molecule has 0 bridgehead atoms. The van der Waals surface area contributed by atoms with Gasteiger partial charge in [0.15, 0.2) is 6.54 Å². The highest BCUT2D eigenvalue weighted by Gasteiger charge is 2.28. The van der Waals surface area contributed by atoms with Crippen LogP contribution >= 0.6 is 15.9 Å². The van der Waals surface area contributed by atoms with Gasteiger partial charge in [-0.3, -0.25) is 0 Å². The average molecular weight is 375 g/mol. The topological polar surface area (TPSA) is 26.3 Å². The summed E-state index contributed by atoms with van der Waals surface area (Å²) >= 11 is 3.46. The minimum absolute atomic E-state index is 0. The summed E-state index contributed by atoms with van der Waals surface area (Å²) in [6.07, 6.45) is 3.25. The van der Waals surface area contributed by atoms with E-state index < -0.39 is 0 Å². The Hall–Kier alpha value is -0.840. The van der Waals surface area contributed by atoms with Gasteiger partial charge in [-0.1, -0.05) is 28.1 Å². The smallest absolute Gasteiger partial charge is 0.361 e. The summed E-state index contributed by atoms with van der Waals surface area (Å²) in [4.78, 5) is 11.6. The van der Waals surface area contributed by atoms with Crippen LogP contribution in [0.3, 0.4) is 0 Å². The molecule has 0 saturated carbocycles. The van der Waals surface area contributed by atoms with Crippen molar-refractivity contribution in [1.29, 1.82) is 0 Å². The maximum absolute atomic E-state index is 11.6. The van der Waals surface area contributed by atoms with E-state index in [4.69, 9.17) is 4.74 Å². The summed E-state index contributed by atoms with van der Waals surface area (Å²) in [5.74, 6) is -0.101. The van der Waals surface area contributed by atoms with Crippen molar-refractivity contribution in [2.75, 3.05) is 33.3 Å². The Morgan fingerprint density at radius 2 is 2.00 bits per heavy atom. The number of carbonyl (C=O) groups excluding carboxylic acids is 1. The Labute approximate surface area is 141 Å². The van der Waals surface area contributed by atoms with Gasteiger partial charge in [0.05, 0.1) is 26.7 Å². The summed E-state index contributed by atoms with van der Waals surface area (Å²) in [7, 11) is 2.12. The lowest BCUT2D eigenvalue weighted by Gasteiger charge is -2.36. The van der Waals surface area contributed by atoms with Crippen LogP contribution in [-0.2, 0) is 9.53 Å². The summed E-state index contributed by atoms with van der Waals surface area (Å²) in [5, 5.41) is 0. The van der Waals surface area contributed by atoms with Crippen molar-refractivity contribution in [1.82, 2.24) is 0 Å². The van der Waals surface area contributed by atoms with Gasteiger partial charge in [0.1, 0.15) is 0 Å². The van der Waals surface area contributed by atoms with Crippen LogP contribution in [0, 0.1) is 0 Å². The van der Waals surface area contributed by atoms with Crippen LogP contribution in [0.2, 0.25) is 0 Å². The Kier molecular flexibility index (Phi) is 6.91. The third-order valence-corrected chi connectivity index (χ3v) is 4.26. The number of hydrogen-bond donors (Lipinski definition) is 0.